The second-order valence-corrected chi connectivity index (χ2v) is 4.64. The number of hydrazone groups is 1. The van der Waals surface area contributed by atoms with Gasteiger partial charge in [0.25, 0.3) is 0 Å². The van der Waals surface area contributed by atoms with Crippen LogP contribution in [-0.4, -0.2) is 12.8 Å². The molecule has 3 heteroatoms. The summed E-state index contributed by atoms with van der Waals surface area (Å²) in [6.07, 6.45) is 0. The molecule has 0 aliphatic rings. The van der Waals surface area contributed by atoms with Gasteiger partial charge in [0.05, 0.1) is 11.4 Å². The zero-order chi connectivity index (χ0) is 13.8. The molecule has 0 aromatic heterocycles. The van der Waals surface area contributed by atoms with E-state index in [4.69, 9.17) is 5.73 Å². The van der Waals surface area contributed by atoms with Crippen LogP contribution in [0, 0.1) is 6.92 Å². The first-order valence-electron chi connectivity index (χ1n) is 6.28. The van der Waals surface area contributed by atoms with Crippen molar-refractivity contribution in [1.82, 2.24) is 0 Å². The molecule has 98 valence electrons. The number of hydrogen-bond acceptors (Lipinski definition) is 3. The second kappa shape index (κ2) is 5.57. The van der Waals surface area contributed by atoms with E-state index < -0.39 is 0 Å². The third-order valence-corrected chi connectivity index (χ3v) is 3.03. The highest BCUT2D eigenvalue weighted by Crippen LogP contribution is 2.17. The summed E-state index contributed by atoms with van der Waals surface area (Å²) in [5.41, 5.74) is 10.9. The molecule has 2 aromatic carbocycles. The predicted molar refractivity (Wildman–Crippen MR) is 82.6 cm³/mol. The molecule has 3 nitrogen and oxygen atoms in total. The molecule has 0 amide bonds. The van der Waals surface area contributed by atoms with E-state index in [1.165, 1.54) is 0 Å². The van der Waals surface area contributed by atoms with Gasteiger partial charge in [0.1, 0.15) is 0 Å². The van der Waals surface area contributed by atoms with Crippen molar-refractivity contribution in [3.8, 4) is 0 Å². The number of anilines is 2. The van der Waals surface area contributed by atoms with Crippen LogP contribution in [-0.2, 0) is 0 Å². The molecule has 0 spiro atoms. The summed E-state index contributed by atoms with van der Waals surface area (Å²) < 4.78 is 0. The lowest BCUT2D eigenvalue weighted by molar-refractivity contribution is 1.01. The monoisotopic (exact) mass is 253 g/mol. The fourth-order valence-corrected chi connectivity index (χ4v) is 1.99. The van der Waals surface area contributed by atoms with E-state index in [9.17, 15) is 0 Å². The highest BCUT2D eigenvalue weighted by atomic mass is 15.4. The Balaban J connectivity index is 2.28. The summed E-state index contributed by atoms with van der Waals surface area (Å²) in [5, 5.41) is 6.43. The van der Waals surface area contributed by atoms with Crippen molar-refractivity contribution in [3.05, 3.63) is 59.7 Å². The quantitative estimate of drug-likeness (QED) is 0.517. The fourth-order valence-electron chi connectivity index (χ4n) is 1.99. The molecule has 0 bridgehead atoms. The number of nitrogens with two attached hydrogens (primary N) is 1. The van der Waals surface area contributed by atoms with E-state index in [0.29, 0.717) is 0 Å². The van der Waals surface area contributed by atoms with Crippen molar-refractivity contribution in [1.29, 1.82) is 0 Å². The van der Waals surface area contributed by atoms with Crippen LogP contribution in [0.15, 0.2) is 53.6 Å². The van der Waals surface area contributed by atoms with Gasteiger partial charge in [0, 0.05) is 18.3 Å². The number of hydrogen-bond donors (Lipinski definition) is 1. The normalized spacial score (nSPS) is 11.4. The second-order valence-electron chi connectivity index (χ2n) is 4.64. The Labute approximate surface area is 114 Å². The smallest absolute Gasteiger partial charge is 0.0671 e. The van der Waals surface area contributed by atoms with Crippen molar-refractivity contribution in [2.24, 2.45) is 5.10 Å². The van der Waals surface area contributed by atoms with Gasteiger partial charge in [0.2, 0.25) is 0 Å². The molecule has 0 unspecified atom stereocenters. The SMILES string of the molecule is C/C(=N\N(C)c1ccccc1)c1ccc(C)cc1N. The Hall–Kier alpha value is -2.29. The van der Waals surface area contributed by atoms with Crippen molar-refractivity contribution in [2.75, 3.05) is 17.8 Å². The van der Waals surface area contributed by atoms with Crippen molar-refractivity contribution >= 4 is 17.1 Å². The summed E-state index contributed by atoms with van der Waals surface area (Å²) in [5.74, 6) is 0. The van der Waals surface area contributed by atoms with Gasteiger partial charge in [-0.1, -0.05) is 30.3 Å². The van der Waals surface area contributed by atoms with Crippen LogP contribution >= 0.6 is 0 Å². The number of benzene rings is 2. The molecule has 0 saturated carbocycles. The average molecular weight is 253 g/mol. The van der Waals surface area contributed by atoms with Crippen molar-refractivity contribution in [2.45, 2.75) is 13.8 Å². The third kappa shape index (κ3) is 3.13. The summed E-state index contributed by atoms with van der Waals surface area (Å²) in [6.45, 7) is 4.00. The van der Waals surface area contributed by atoms with Gasteiger partial charge in [0.15, 0.2) is 0 Å². The Morgan fingerprint density at radius 1 is 1.11 bits per heavy atom. The maximum Gasteiger partial charge on any atom is 0.0671 e. The van der Waals surface area contributed by atoms with Crippen LogP contribution in [0.4, 0.5) is 11.4 Å². The van der Waals surface area contributed by atoms with Crippen LogP contribution in [0.1, 0.15) is 18.1 Å². The Morgan fingerprint density at radius 2 is 1.79 bits per heavy atom. The first-order valence-corrected chi connectivity index (χ1v) is 6.28. The van der Waals surface area contributed by atoms with Crippen LogP contribution in [0.3, 0.4) is 0 Å². The van der Waals surface area contributed by atoms with Gasteiger partial charge in [-0.2, -0.15) is 5.10 Å². The molecule has 0 aliphatic heterocycles. The van der Waals surface area contributed by atoms with Crippen LogP contribution in [0.5, 0.6) is 0 Å². The number of para-hydroxylation sites is 1. The molecule has 2 rings (SSSR count). The highest BCUT2D eigenvalue weighted by Gasteiger charge is 2.05. The minimum atomic E-state index is 0.766. The van der Waals surface area contributed by atoms with Crippen LogP contribution < -0.4 is 10.7 Å². The van der Waals surface area contributed by atoms with Crippen molar-refractivity contribution < 1.29 is 0 Å². The number of nitrogens with zero attached hydrogens (tertiary/aromatic N) is 2. The molecule has 0 saturated heterocycles. The molecule has 0 heterocycles. The summed E-state index contributed by atoms with van der Waals surface area (Å²) in [6, 6.07) is 16.1. The van der Waals surface area contributed by atoms with Gasteiger partial charge in [-0.15, -0.1) is 0 Å². The number of aryl methyl sites for hydroxylation is 1. The Bertz CT molecular complexity index is 588. The average Bonchev–Trinajstić information content (AvgIpc) is 2.39. The number of rotatable bonds is 3. The van der Waals surface area contributed by atoms with Gasteiger partial charge in [-0.05, 0) is 37.6 Å². The largest absolute Gasteiger partial charge is 0.398 e. The van der Waals surface area contributed by atoms with E-state index >= 15 is 0 Å². The Morgan fingerprint density at radius 3 is 2.42 bits per heavy atom. The topological polar surface area (TPSA) is 41.6 Å². The van der Waals surface area contributed by atoms with E-state index in [2.05, 4.69) is 5.10 Å². The van der Waals surface area contributed by atoms with Crippen LogP contribution in [0.2, 0.25) is 0 Å². The first-order chi connectivity index (χ1) is 9.08. The molecular weight excluding hydrogens is 234 g/mol. The van der Waals surface area contributed by atoms with Gasteiger partial charge < -0.3 is 5.73 Å². The van der Waals surface area contributed by atoms with Gasteiger partial charge in [-0.3, -0.25) is 5.01 Å². The molecule has 0 radical (unpaired) electrons. The Kier molecular flexibility index (Phi) is 3.85. The zero-order valence-electron chi connectivity index (χ0n) is 11.6. The summed E-state index contributed by atoms with van der Waals surface area (Å²) in [4.78, 5) is 0. The lowest BCUT2D eigenvalue weighted by atomic mass is 10.1. The van der Waals surface area contributed by atoms with Crippen molar-refractivity contribution in [3.63, 3.8) is 0 Å². The molecular formula is C16H19N3. The van der Waals surface area contributed by atoms with Crippen LogP contribution in [0.25, 0.3) is 0 Å². The fraction of sp³-hybridized carbons (Fsp3) is 0.188. The molecule has 2 N–H and O–H groups in total. The number of nitrogen functional groups attached to an aromatic ring is 1. The first kappa shape index (κ1) is 13.1. The highest BCUT2D eigenvalue weighted by molar-refractivity contribution is 6.03. The van der Waals surface area contributed by atoms with E-state index in [1.807, 2.05) is 74.4 Å². The minimum absolute atomic E-state index is 0.766. The molecule has 19 heavy (non-hydrogen) atoms. The maximum atomic E-state index is 6.04. The van der Waals surface area contributed by atoms with Gasteiger partial charge >= 0.3 is 0 Å². The third-order valence-electron chi connectivity index (χ3n) is 3.03. The summed E-state index contributed by atoms with van der Waals surface area (Å²) >= 11 is 0. The lowest BCUT2D eigenvalue weighted by Gasteiger charge is -2.15. The predicted octanol–water partition coefficient (Wildman–Crippen LogP) is 3.44. The standard InChI is InChI=1S/C16H19N3/c1-12-9-10-15(16(17)11-12)13(2)18-19(3)14-7-5-4-6-8-14/h4-11H,17H2,1-3H3/b18-13+. The van der Waals surface area contributed by atoms with Gasteiger partial charge in [-0.25, -0.2) is 0 Å². The molecule has 0 fully saturated rings. The lowest BCUT2D eigenvalue weighted by Crippen LogP contribution is -2.13. The molecule has 0 atom stereocenters. The van der Waals surface area contributed by atoms with E-state index in [-0.39, 0.29) is 0 Å². The molecule has 2 aromatic rings. The van der Waals surface area contributed by atoms with E-state index in [0.717, 1.165) is 28.2 Å². The molecule has 0 aliphatic carbocycles. The maximum absolute atomic E-state index is 6.04. The zero-order valence-corrected chi connectivity index (χ0v) is 11.6. The summed E-state index contributed by atoms with van der Waals surface area (Å²) in [7, 11) is 1.93. The minimum Gasteiger partial charge on any atom is -0.398 e. The van der Waals surface area contributed by atoms with E-state index in [1.54, 1.807) is 0 Å².